The molecule has 1 aromatic carbocycles. The minimum Gasteiger partial charge on any atom is -0.497 e. The Kier molecular flexibility index (Phi) is 7.22. The maximum atomic E-state index is 11.9. The van der Waals surface area contributed by atoms with E-state index in [1.165, 1.54) is 7.11 Å². The molecule has 0 aromatic heterocycles. The first-order valence-corrected chi connectivity index (χ1v) is 7.23. The molecule has 0 aliphatic rings. The second kappa shape index (κ2) is 8.92. The average molecular weight is 308 g/mol. The zero-order chi connectivity index (χ0) is 16.5. The standard InChI is InChI=1S/C16H24N2O4/c1-11(2)9-12(15(19)22-4)10-17-16(20)18-13-5-7-14(21-3)8-6-13/h5-8,11-12H,9-10H2,1-4H3,(H2,17,18,20). The quantitative estimate of drug-likeness (QED) is 0.759. The third kappa shape index (κ3) is 6.03. The van der Waals surface area contributed by atoms with Gasteiger partial charge in [-0.1, -0.05) is 13.8 Å². The average Bonchev–Trinajstić information content (AvgIpc) is 2.51. The number of ether oxygens (including phenoxy) is 2. The molecule has 0 saturated heterocycles. The highest BCUT2D eigenvalue weighted by atomic mass is 16.5. The maximum absolute atomic E-state index is 11.9. The largest absolute Gasteiger partial charge is 0.497 e. The molecule has 0 fully saturated rings. The van der Waals surface area contributed by atoms with Crippen molar-refractivity contribution in [1.29, 1.82) is 0 Å². The lowest BCUT2D eigenvalue weighted by Crippen LogP contribution is -2.36. The van der Waals surface area contributed by atoms with Gasteiger partial charge in [0.05, 0.1) is 20.1 Å². The molecule has 0 radical (unpaired) electrons. The van der Waals surface area contributed by atoms with E-state index in [0.29, 0.717) is 23.8 Å². The summed E-state index contributed by atoms with van der Waals surface area (Å²) in [7, 11) is 2.93. The molecule has 6 heteroatoms. The molecule has 0 aliphatic carbocycles. The van der Waals surface area contributed by atoms with E-state index in [1.54, 1.807) is 31.4 Å². The predicted molar refractivity (Wildman–Crippen MR) is 85.0 cm³/mol. The number of amides is 2. The monoisotopic (exact) mass is 308 g/mol. The van der Waals surface area contributed by atoms with Crippen LogP contribution in [0.15, 0.2) is 24.3 Å². The van der Waals surface area contributed by atoms with E-state index in [4.69, 9.17) is 9.47 Å². The lowest BCUT2D eigenvalue weighted by molar-refractivity contribution is -0.145. The van der Waals surface area contributed by atoms with E-state index in [-0.39, 0.29) is 24.5 Å². The minimum atomic E-state index is -0.358. The van der Waals surface area contributed by atoms with Crippen molar-refractivity contribution in [3.05, 3.63) is 24.3 Å². The fourth-order valence-electron chi connectivity index (χ4n) is 2.06. The number of esters is 1. The summed E-state index contributed by atoms with van der Waals surface area (Å²) in [5, 5.41) is 5.40. The molecule has 6 nitrogen and oxygen atoms in total. The number of hydrogen-bond donors (Lipinski definition) is 2. The highest BCUT2D eigenvalue weighted by molar-refractivity contribution is 5.89. The summed E-state index contributed by atoms with van der Waals surface area (Å²) < 4.78 is 9.81. The molecule has 1 rings (SSSR count). The summed E-state index contributed by atoms with van der Waals surface area (Å²) in [6.07, 6.45) is 0.662. The second-order valence-electron chi connectivity index (χ2n) is 5.41. The van der Waals surface area contributed by atoms with Crippen LogP contribution in [0.3, 0.4) is 0 Å². The molecular weight excluding hydrogens is 284 g/mol. The third-order valence-electron chi connectivity index (χ3n) is 3.15. The van der Waals surface area contributed by atoms with Crippen LogP contribution in [0.5, 0.6) is 5.75 Å². The zero-order valence-electron chi connectivity index (χ0n) is 13.5. The van der Waals surface area contributed by atoms with Crippen LogP contribution in [0.1, 0.15) is 20.3 Å². The van der Waals surface area contributed by atoms with Gasteiger partial charge in [-0.15, -0.1) is 0 Å². The molecule has 2 N–H and O–H groups in total. The van der Waals surface area contributed by atoms with Gasteiger partial charge >= 0.3 is 12.0 Å². The Balaban J connectivity index is 2.50. The molecular formula is C16H24N2O4. The van der Waals surface area contributed by atoms with Gasteiger partial charge in [0.1, 0.15) is 5.75 Å². The van der Waals surface area contributed by atoms with Gasteiger partial charge in [-0.2, -0.15) is 0 Å². The van der Waals surface area contributed by atoms with Crippen molar-refractivity contribution in [1.82, 2.24) is 5.32 Å². The van der Waals surface area contributed by atoms with Crippen LogP contribution in [-0.2, 0) is 9.53 Å². The van der Waals surface area contributed by atoms with Crippen molar-refractivity contribution in [3.8, 4) is 5.75 Å². The Bertz CT molecular complexity index is 485. The van der Waals surface area contributed by atoms with Gasteiger partial charge in [-0.25, -0.2) is 4.79 Å². The summed E-state index contributed by atoms with van der Waals surface area (Å²) >= 11 is 0. The number of rotatable bonds is 7. The summed E-state index contributed by atoms with van der Waals surface area (Å²) in [6, 6.07) is 6.63. The van der Waals surface area contributed by atoms with Crippen molar-refractivity contribution in [3.63, 3.8) is 0 Å². The van der Waals surface area contributed by atoms with Gasteiger partial charge in [-0.05, 0) is 36.6 Å². The number of nitrogens with one attached hydrogen (secondary N) is 2. The molecule has 0 saturated carbocycles. The van der Waals surface area contributed by atoms with Crippen LogP contribution >= 0.6 is 0 Å². The van der Waals surface area contributed by atoms with E-state index in [2.05, 4.69) is 10.6 Å². The van der Waals surface area contributed by atoms with Crippen LogP contribution in [0.25, 0.3) is 0 Å². The lowest BCUT2D eigenvalue weighted by Gasteiger charge is -2.17. The van der Waals surface area contributed by atoms with E-state index >= 15 is 0 Å². The Labute approximate surface area is 131 Å². The zero-order valence-corrected chi connectivity index (χ0v) is 13.5. The van der Waals surface area contributed by atoms with Crippen LogP contribution in [0.2, 0.25) is 0 Å². The van der Waals surface area contributed by atoms with Gasteiger partial charge in [0.2, 0.25) is 0 Å². The Morgan fingerprint density at radius 1 is 1.14 bits per heavy atom. The van der Waals surface area contributed by atoms with Crippen molar-refractivity contribution in [2.45, 2.75) is 20.3 Å². The highest BCUT2D eigenvalue weighted by Crippen LogP contribution is 2.15. The van der Waals surface area contributed by atoms with Crippen molar-refractivity contribution in [2.75, 3.05) is 26.1 Å². The fraction of sp³-hybridized carbons (Fsp3) is 0.500. The predicted octanol–water partition coefficient (Wildman–Crippen LogP) is 2.65. The first-order chi connectivity index (χ1) is 10.5. The normalized spacial score (nSPS) is 11.7. The van der Waals surface area contributed by atoms with Crippen LogP contribution < -0.4 is 15.4 Å². The van der Waals surface area contributed by atoms with Gasteiger partial charge in [0.25, 0.3) is 0 Å². The Morgan fingerprint density at radius 3 is 2.27 bits per heavy atom. The SMILES string of the molecule is COC(=O)C(CNC(=O)Nc1ccc(OC)cc1)CC(C)C. The van der Waals surface area contributed by atoms with Gasteiger partial charge in [0.15, 0.2) is 0 Å². The molecule has 0 bridgehead atoms. The molecule has 2 amide bonds. The number of carbonyl (C=O) groups excluding carboxylic acids is 2. The van der Waals surface area contributed by atoms with Crippen LogP contribution in [0.4, 0.5) is 10.5 Å². The number of anilines is 1. The third-order valence-corrected chi connectivity index (χ3v) is 3.15. The highest BCUT2D eigenvalue weighted by Gasteiger charge is 2.21. The first-order valence-electron chi connectivity index (χ1n) is 7.23. The Morgan fingerprint density at radius 2 is 1.77 bits per heavy atom. The molecule has 0 spiro atoms. The molecule has 122 valence electrons. The van der Waals surface area contributed by atoms with E-state index in [0.717, 1.165) is 0 Å². The number of hydrogen-bond acceptors (Lipinski definition) is 4. The second-order valence-corrected chi connectivity index (χ2v) is 5.41. The summed E-state index contributed by atoms with van der Waals surface area (Å²) in [4.78, 5) is 23.5. The number of carbonyl (C=O) groups is 2. The Hall–Kier alpha value is -2.24. The van der Waals surface area contributed by atoms with Crippen molar-refractivity contribution >= 4 is 17.7 Å². The summed E-state index contributed by atoms with van der Waals surface area (Å²) in [5.41, 5.74) is 0.650. The molecule has 1 atom stereocenters. The molecule has 0 aliphatic heterocycles. The number of methoxy groups -OCH3 is 2. The molecule has 1 unspecified atom stereocenters. The summed E-state index contributed by atoms with van der Waals surface area (Å²) in [6.45, 7) is 4.29. The first kappa shape index (κ1) is 17.8. The smallest absolute Gasteiger partial charge is 0.319 e. The van der Waals surface area contributed by atoms with E-state index in [1.807, 2.05) is 13.8 Å². The van der Waals surface area contributed by atoms with Gasteiger partial charge in [-0.3, -0.25) is 4.79 Å². The molecule has 22 heavy (non-hydrogen) atoms. The fourth-order valence-corrected chi connectivity index (χ4v) is 2.06. The molecule has 0 heterocycles. The van der Waals surface area contributed by atoms with Crippen molar-refractivity contribution in [2.24, 2.45) is 11.8 Å². The topological polar surface area (TPSA) is 76.7 Å². The van der Waals surface area contributed by atoms with Gasteiger partial charge in [0, 0.05) is 12.2 Å². The van der Waals surface area contributed by atoms with E-state index in [9.17, 15) is 9.59 Å². The number of urea groups is 1. The van der Waals surface area contributed by atoms with Crippen LogP contribution in [-0.4, -0.2) is 32.8 Å². The minimum absolute atomic E-state index is 0.243. The van der Waals surface area contributed by atoms with Gasteiger partial charge < -0.3 is 20.1 Å². The molecule has 1 aromatic rings. The van der Waals surface area contributed by atoms with E-state index < -0.39 is 0 Å². The maximum Gasteiger partial charge on any atom is 0.319 e. The summed E-state index contributed by atoms with van der Waals surface area (Å²) in [5.74, 6) is 0.411. The number of benzene rings is 1. The van der Waals surface area contributed by atoms with Crippen molar-refractivity contribution < 1.29 is 19.1 Å². The van der Waals surface area contributed by atoms with Crippen LogP contribution in [0, 0.1) is 11.8 Å². The lowest BCUT2D eigenvalue weighted by atomic mass is 9.97.